The van der Waals surface area contributed by atoms with Crippen LogP contribution in [0.3, 0.4) is 0 Å². The number of aliphatic hydroxyl groups excluding tert-OH is 1. The second kappa shape index (κ2) is 18.6. The topological polar surface area (TPSA) is 64.6 Å². The van der Waals surface area contributed by atoms with E-state index in [-0.39, 0.29) is 49.9 Å². The van der Waals surface area contributed by atoms with Crippen molar-refractivity contribution in [3.05, 3.63) is 105 Å². The zero-order valence-corrected chi connectivity index (χ0v) is 27.5. The Kier molecular flexibility index (Phi) is 16.8. The third-order valence-electron chi connectivity index (χ3n) is 6.66. The number of alkyl halides is 3. The summed E-state index contributed by atoms with van der Waals surface area (Å²) in [5.41, 5.74) is 1.03. The number of rotatable bonds is 14. The van der Waals surface area contributed by atoms with Crippen molar-refractivity contribution in [2.75, 3.05) is 20.1 Å². The van der Waals surface area contributed by atoms with Gasteiger partial charge >= 0.3 is 6.18 Å². The summed E-state index contributed by atoms with van der Waals surface area (Å²) in [6.07, 6.45) is -3.71. The Morgan fingerprint density at radius 2 is 1.66 bits per heavy atom. The molecule has 0 unspecified atom stereocenters. The average molecular weight is 729 g/mol. The molecular weight excluding hydrogens is 692 g/mol. The Bertz CT molecular complexity index is 1330. The predicted octanol–water partition coefficient (Wildman–Crippen LogP) is 7.31. The van der Waals surface area contributed by atoms with Crippen molar-refractivity contribution in [1.82, 2.24) is 15.5 Å². The first kappa shape index (κ1) is 39.7. The van der Waals surface area contributed by atoms with E-state index in [4.69, 9.17) is 0 Å². The lowest BCUT2D eigenvalue weighted by molar-refractivity contribution is -0.137. The zero-order valence-electron chi connectivity index (χ0n) is 24.3. The van der Waals surface area contributed by atoms with Gasteiger partial charge in [-0.3, -0.25) is 4.79 Å². The largest absolute Gasteiger partial charge is 0.416 e. The number of halogens is 8. The number of carbonyl (C=O) groups excluding carboxylic acids is 1. The van der Waals surface area contributed by atoms with Gasteiger partial charge in [-0.15, -0.1) is 24.8 Å². The number of amides is 1. The van der Waals surface area contributed by atoms with Gasteiger partial charge in [-0.25, -0.2) is 8.78 Å². The van der Waals surface area contributed by atoms with Gasteiger partial charge in [0.25, 0.3) is 5.91 Å². The SMILES string of the molecule is CCCCN(C)Cc1cc(Br)cc(C(=O)N[C@@H](Cc2cc(F)cc(F)c2)[C@H](O)CNCc2cccc(C(F)(F)F)c2)c1.Cl.Cl. The van der Waals surface area contributed by atoms with Crippen LogP contribution < -0.4 is 10.6 Å². The van der Waals surface area contributed by atoms with Crippen LogP contribution in [-0.4, -0.2) is 48.2 Å². The summed E-state index contributed by atoms with van der Waals surface area (Å²) in [6, 6.07) is 12.1. The maximum absolute atomic E-state index is 13.9. The normalized spacial score (nSPS) is 12.7. The molecule has 0 saturated carbocycles. The standard InChI is InChI=1S/C31H35BrF5N3O2.2ClH/c1-3-4-8-40(2)19-22-9-23(15-25(32)11-22)30(42)39-28(14-21-12-26(33)16-27(34)13-21)29(41)18-38-17-20-6-5-7-24(10-20)31(35,36)37;;/h5-7,9-13,15-16,28-29,38,41H,3-4,8,14,17-19H2,1-2H3,(H,39,42);2*1H/t28-,29+;;/m0../s1. The molecule has 3 aromatic rings. The summed E-state index contributed by atoms with van der Waals surface area (Å²) in [5, 5.41) is 16.7. The van der Waals surface area contributed by atoms with E-state index in [9.17, 15) is 31.9 Å². The van der Waals surface area contributed by atoms with E-state index in [1.165, 1.54) is 12.1 Å². The fourth-order valence-electron chi connectivity index (χ4n) is 4.57. The van der Waals surface area contributed by atoms with Gasteiger partial charge in [0.1, 0.15) is 11.6 Å². The molecule has 0 saturated heterocycles. The highest BCUT2D eigenvalue weighted by Gasteiger charge is 2.30. The van der Waals surface area contributed by atoms with Gasteiger partial charge in [-0.1, -0.05) is 47.5 Å². The molecule has 2 atom stereocenters. The number of benzene rings is 3. The van der Waals surface area contributed by atoms with Gasteiger partial charge in [0.05, 0.1) is 17.7 Å². The van der Waals surface area contributed by atoms with Gasteiger partial charge in [0.2, 0.25) is 0 Å². The Morgan fingerprint density at radius 1 is 0.977 bits per heavy atom. The number of hydrogen-bond donors (Lipinski definition) is 3. The van der Waals surface area contributed by atoms with Gasteiger partial charge in [0.15, 0.2) is 0 Å². The minimum absolute atomic E-state index is 0. The number of nitrogens with zero attached hydrogens (tertiary/aromatic N) is 1. The summed E-state index contributed by atoms with van der Waals surface area (Å²) < 4.78 is 67.6. The van der Waals surface area contributed by atoms with Crippen LogP contribution in [-0.2, 0) is 25.7 Å². The molecule has 0 bridgehead atoms. The van der Waals surface area contributed by atoms with E-state index >= 15 is 0 Å². The van der Waals surface area contributed by atoms with Crippen LogP contribution in [0.5, 0.6) is 0 Å². The van der Waals surface area contributed by atoms with E-state index in [0.29, 0.717) is 22.1 Å². The Labute approximate surface area is 275 Å². The van der Waals surface area contributed by atoms with Crippen molar-refractivity contribution in [3.8, 4) is 0 Å². The Hall–Kier alpha value is -2.28. The molecule has 0 aliphatic carbocycles. The fraction of sp³-hybridized carbons (Fsp3) is 0.387. The van der Waals surface area contributed by atoms with Crippen molar-refractivity contribution in [3.63, 3.8) is 0 Å². The molecular formula is C31H37BrCl2F5N3O2. The van der Waals surface area contributed by atoms with Gasteiger partial charge < -0.3 is 20.6 Å². The molecule has 0 fully saturated rings. The molecule has 44 heavy (non-hydrogen) atoms. The molecule has 0 aromatic heterocycles. The lowest BCUT2D eigenvalue weighted by atomic mass is 9.99. The highest BCUT2D eigenvalue weighted by Crippen LogP contribution is 2.29. The van der Waals surface area contributed by atoms with Gasteiger partial charge in [-0.2, -0.15) is 13.2 Å². The molecule has 13 heteroatoms. The Balaban J connectivity index is 0.00000484. The summed E-state index contributed by atoms with van der Waals surface area (Å²) in [5.74, 6) is -2.08. The number of unbranched alkanes of at least 4 members (excludes halogenated alkanes) is 1. The third kappa shape index (κ3) is 13.0. The van der Waals surface area contributed by atoms with E-state index in [1.807, 2.05) is 13.1 Å². The summed E-state index contributed by atoms with van der Waals surface area (Å²) in [7, 11) is 1.99. The first-order valence-electron chi connectivity index (χ1n) is 13.6. The molecule has 3 N–H and O–H groups in total. The minimum Gasteiger partial charge on any atom is -0.390 e. The molecule has 3 aromatic carbocycles. The maximum atomic E-state index is 13.9. The molecule has 244 valence electrons. The van der Waals surface area contributed by atoms with Crippen LogP contribution in [0, 0.1) is 11.6 Å². The van der Waals surface area contributed by atoms with Crippen LogP contribution in [0.1, 0.15) is 52.4 Å². The highest BCUT2D eigenvalue weighted by molar-refractivity contribution is 9.10. The number of aliphatic hydroxyl groups is 1. The molecule has 1 amide bonds. The quantitative estimate of drug-likeness (QED) is 0.152. The lowest BCUT2D eigenvalue weighted by Gasteiger charge is -2.25. The summed E-state index contributed by atoms with van der Waals surface area (Å²) in [6.45, 7) is 3.55. The molecule has 5 nitrogen and oxygen atoms in total. The van der Waals surface area contributed by atoms with E-state index in [2.05, 4.69) is 38.4 Å². The average Bonchev–Trinajstić information content (AvgIpc) is 2.90. The molecule has 3 rings (SSSR count). The van der Waals surface area contributed by atoms with Crippen molar-refractivity contribution in [2.24, 2.45) is 0 Å². The minimum atomic E-state index is -4.48. The van der Waals surface area contributed by atoms with E-state index < -0.39 is 41.4 Å². The van der Waals surface area contributed by atoms with Crippen LogP contribution in [0.25, 0.3) is 0 Å². The second-order valence-electron chi connectivity index (χ2n) is 10.4. The molecule has 0 spiro atoms. The van der Waals surface area contributed by atoms with Gasteiger partial charge in [-0.05, 0) is 79.5 Å². The van der Waals surface area contributed by atoms with Crippen LogP contribution in [0.4, 0.5) is 22.0 Å². The Morgan fingerprint density at radius 3 is 2.30 bits per heavy atom. The lowest BCUT2D eigenvalue weighted by Crippen LogP contribution is -2.48. The van der Waals surface area contributed by atoms with E-state index in [0.717, 1.165) is 55.3 Å². The first-order valence-corrected chi connectivity index (χ1v) is 14.4. The number of nitrogens with one attached hydrogen (secondary N) is 2. The van der Waals surface area contributed by atoms with Crippen molar-refractivity contribution in [2.45, 2.75) is 57.6 Å². The fourth-order valence-corrected chi connectivity index (χ4v) is 5.11. The maximum Gasteiger partial charge on any atom is 0.416 e. The van der Waals surface area contributed by atoms with Crippen molar-refractivity contribution in [1.29, 1.82) is 0 Å². The molecule has 0 aliphatic rings. The molecule has 0 radical (unpaired) electrons. The molecule has 0 heterocycles. The zero-order chi connectivity index (χ0) is 30.9. The predicted molar refractivity (Wildman–Crippen MR) is 170 cm³/mol. The van der Waals surface area contributed by atoms with Crippen LogP contribution in [0.15, 0.2) is 65.1 Å². The summed E-state index contributed by atoms with van der Waals surface area (Å²) >= 11 is 3.45. The highest BCUT2D eigenvalue weighted by atomic mass is 79.9. The first-order chi connectivity index (χ1) is 19.8. The summed E-state index contributed by atoms with van der Waals surface area (Å²) in [4.78, 5) is 15.5. The van der Waals surface area contributed by atoms with Gasteiger partial charge in [0, 0.05) is 35.7 Å². The number of hydrogen-bond acceptors (Lipinski definition) is 4. The smallest absolute Gasteiger partial charge is 0.390 e. The van der Waals surface area contributed by atoms with Crippen molar-refractivity contribution >= 4 is 46.7 Å². The van der Waals surface area contributed by atoms with E-state index in [1.54, 1.807) is 12.1 Å². The van der Waals surface area contributed by atoms with Crippen molar-refractivity contribution < 1.29 is 31.9 Å². The number of carbonyl (C=O) groups is 1. The molecule has 0 aliphatic heterocycles. The monoisotopic (exact) mass is 727 g/mol. The third-order valence-corrected chi connectivity index (χ3v) is 7.12. The van der Waals surface area contributed by atoms with Crippen LogP contribution in [0.2, 0.25) is 0 Å². The van der Waals surface area contributed by atoms with Crippen LogP contribution >= 0.6 is 40.7 Å². The second-order valence-corrected chi connectivity index (χ2v) is 11.3.